The number of para-hydroxylation sites is 1. The van der Waals surface area contributed by atoms with Gasteiger partial charge in [0.15, 0.2) is 6.10 Å². The predicted octanol–water partition coefficient (Wildman–Crippen LogP) is 3.17. The molecule has 5 nitrogen and oxygen atoms in total. The number of carbonyl (C=O) groups is 1. The maximum absolute atomic E-state index is 11.5. The van der Waals surface area contributed by atoms with Crippen molar-refractivity contribution in [1.29, 1.82) is 0 Å². The number of aliphatic carboxylic acids is 1. The van der Waals surface area contributed by atoms with Crippen LogP contribution in [0.15, 0.2) is 48.5 Å². The fraction of sp³-hybridized carbons (Fsp3) is 0.278. The van der Waals surface area contributed by atoms with Crippen molar-refractivity contribution in [2.24, 2.45) is 0 Å². The zero-order valence-corrected chi connectivity index (χ0v) is 13.2. The molecule has 0 bridgehead atoms. The van der Waals surface area contributed by atoms with E-state index in [1.807, 2.05) is 31.2 Å². The van der Waals surface area contributed by atoms with E-state index in [0.29, 0.717) is 23.9 Å². The van der Waals surface area contributed by atoms with Crippen molar-refractivity contribution in [2.75, 3.05) is 13.7 Å². The molecule has 1 N–H and O–H groups in total. The van der Waals surface area contributed by atoms with Crippen LogP contribution in [0, 0.1) is 0 Å². The second-order valence-electron chi connectivity index (χ2n) is 4.87. The summed E-state index contributed by atoms with van der Waals surface area (Å²) in [6.07, 6.45) is -0.776. The van der Waals surface area contributed by atoms with Gasteiger partial charge in [0.1, 0.15) is 17.2 Å². The van der Waals surface area contributed by atoms with Gasteiger partial charge >= 0.3 is 5.97 Å². The molecule has 0 unspecified atom stereocenters. The van der Waals surface area contributed by atoms with E-state index in [-0.39, 0.29) is 6.42 Å². The molecule has 2 rings (SSSR count). The first-order chi connectivity index (χ1) is 11.1. The molecule has 2 aromatic carbocycles. The van der Waals surface area contributed by atoms with Crippen molar-refractivity contribution in [1.82, 2.24) is 0 Å². The lowest BCUT2D eigenvalue weighted by Gasteiger charge is -2.17. The van der Waals surface area contributed by atoms with Crippen LogP contribution in [0.4, 0.5) is 0 Å². The van der Waals surface area contributed by atoms with Crippen molar-refractivity contribution in [3.63, 3.8) is 0 Å². The largest absolute Gasteiger partial charge is 0.497 e. The molecule has 0 saturated heterocycles. The average molecular weight is 316 g/mol. The Hall–Kier alpha value is -2.69. The van der Waals surface area contributed by atoms with Crippen LogP contribution in [0.3, 0.4) is 0 Å². The van der Waals surface area contributed by atoms with Gasteiger partial charge in [-0.15, -0.1) is 0 Å². The quantitative estimate of drug-likeness (QED) is 0.810. The van der Waals surface area contributed by atoms with Gasteiger partial charge in [-0.3, -0.25) is 0 Å². The van der Waals surface area contributed by atoms with Crippen LogP contribution in [0.25, 0.3) is 0 Å². The summed E-state index contributed by atoms with van der Waals surface area (Å²) < 4.78 is 16.2. The van der Waals surface area contributed by atoms with Gasteiger partial charge in [-0.2, -0.15) is 0 Å². The normalized spacial score (nSPS) is 11.6. The molecule has 0 fully saturated rings. The van der Waals surface area contributed by atoms with E-state index < -0.39 is 12.1 Å². The Kier molecular flexibility index (Phi) is 5.86. The van der Waals surface area contributed by atoms with Gasteiger partial charge in [0, 0.05) is 6.42 Å². The van der Waals surface area contributed by atoms with Crippen molar-refractivity contribution in [3.05, 3.63) is 54.1 Å². The third kappa shape index (κ3) is 4.64. The second-order valence-corrected chi connectivity index (χ2v) is 4.87. The number of hydrogen-bond donors (Lipinski definition) is 1. The van der Waals surface area contributed by atoms with E-state index in [0.717, 1.165) is 5.56 Å². The van der Waals surface area contributed by atoms with Crippen LogP contribution in [0.2, 0.25) is 0 Å². The first-order valence-electron chi connectivity index (χ1n) is 7.38. The van der Waals surface area contributed by atoms with Crippen LogP contribution in [-0.4, -0.2) is 30.9 Å². The van der Waals surface area contributed by atoms with E-state index in [2.05, 4.69) is 0 Å². The zero-order valence-electron chi connectivity index (χ0n) is 13.2. The molecule has 122 valence electrons. The lowest BCUT2D eigenvalue weighted by molar-refractivity contribution is -0.145. The maximum Gasteiger partial charge on any atom is 0.345 e. The third-order valence-electron chi connectivity index (χ3n) is 3.29. The minimum atomic E-state index is -1.02. The Morgan fingerprint density at radius 3 is 2.35 bits per heavy atom. The topological polar surface area (TPSA) is 65.0 Å². The Morgan fingerprint density at radius 2 is 1.74 bits per heavy atom. The second kappa shape index (κ2) is 8.08. The van der Waals surface area contributed by atoms with Gasteiger partial charge in [-0.05, 0) is 42.8 Å². The average Bonchev–Trinajstić information content (AvgIpc) is 2.56. The molecule has 0 aliphatic carbocycles. The van der Waals surface area contributed by atoms with Crippen LogP contribution < -0.4 is 14.2 Å². The maximum atomic E-state index is 11.5. The van der Waals surface area contributed by atoms with Gasteiger partial charge in [0.05, 0.1) is 13.7 Å². The number of rotatable bonds is 8. The monoisotopic (exact) mass is 316 g/mol. The van der Waals surface area contributed by atoms with Gasteiger partial charge in [0.25, 0.3) is 0 Å². The molecular weight excluding hydrogens is 296 g/mol. The number of hydrogen-bond acceptors (Lipinski definition) is 4. The SMILES string of the molecule is CCOc1ccccc1C[C@@H](Oc1ccc(OC)cc1)C(=O)O. The Bertz CT molecular complexity index is 636. The zero-order chi connectivity index (χ0) is 16.7. The molecule has 0 amide bonds. The molecule has 0 aliphatic heterocycles. The van der Waals surface area contributed by atoms with Gasteiger partial charge in [-0.1, -0.05) is 18.2 Å². The van der Waals surface area contributed by atoms with E-state index >= 15 is 0 Å². The van der Waals surface area contributed by atoms with Crippen LogP contribution in [0.5, 0.6) is 17.2 Å². The minimum absolute atomic E-state index is 0.220. The molecular formula is C18H20O5. The molecule has 23 heavy (non-hydrogen) atoms. The Morgan fingerprint density at radius 1 is 1.09 bits per heavy atom. The molecule has 0 radical (unpaired) electrons. The molecule has 0 aromatic heterocycles. The third-order valence-corrected chi connectivity index (χ3v) is 3.29. The highest BCUT2D eigenvalue weighted by Gasteiger charge is 2.22. The van der Waals surface area contributed by atoms with Crippen molar-refractivity contribution >= 4 is 5.97 Å². The highest BCUT2D eigenvalue weighted by Crippen LogP contribution is 2.23. The van der Waals surface area contributed by atoms with E-state index in [1.54, 1.807) is 31.4 Å². The van der Waals surface area contributed by atoms with Crippen LogP contribution >= 0.6 is 0 Å². The summed E-state index contributed by atoms with van der Waals surface area (Å²) in [6, 6.07) is 14.2. The summed E-state index contributed by atoms with van der Waals surface area (Å²) in [7, 11) is 1.57. The number of carboxylic acids is 1. The van der Waals surface area contributed by atoms with Crippen molar-refractivity contribution in [2.45, 2.75) is 19.4 Å². The summed E-state index contributed by atoms with van der Waals surface area (Å²) in [5.74, 6) is 0.824. The van der Waals surface area contributed by atoms with E-state index in [9.17, 15) is 9.90 Å². The number of benzene rings is 2. The molecule has 5 heteroatoms. The highest BCUT2D eigenvalue weighted by molar-refractivity contribution is 5.73. The van der Waals surface area contributed by atoms with E-state index in [1.165, 1.54) is 0 Å². The molecule has 0 aliphatic rings. The molecule has 1 atom stereocenters. The fourth-order valence-corrected chi connectivity index (χ4v) is 2.17. The molecule has 0 spiro atoms. The predicted molar refractivity (Wildman–Crippen MR) is 86.4 cm³/mol. The lowest BCUT2D eigenvalue weighted by atomic mass is 10.1. The number of ether oxygens (including phenoxy) is 3. The number of methoxy groups -OCH3 is 1. The lowest BCUT2D eigenvalue weighted by Crippen LogP contribution is -2.29. The first-order valence-corrected chi connectivity index (χ1v) is 7.38. The molecule has 0 heterocycles. The Labute approximate surface area is 135 Å². The summed E-state index contributed by atoms with van der Waals surface area (Å²) in [5.41, 5.74) is 0.801. The van der Waals surface area contributed by atoms with Crippen molar-refractivity contribution in [3.8, 4) is 17.2 Å². The minimum Gasteiger partial charge on any atom is -0.497 e. The number of carboxylic acid groups (broad SMARTS) is 1. The molecule has 0 saturated carbocycles. The van der Waals surface area contributed by atoms with Crippen molar-refractivity contribution < 1.29 is 24.1 Å². The highest BCUT2D eigenvalue weighted by atomic mass is 16.5. The Balaban J connectivity index is 2.14. The molecule has 2 aromatic rings. The van der Waals surface area contributed by atoms with Gasteiger partial charge in [-0.25, -0.2) is 4.79 Å². The van der Waals surface area contributed by atoms with Gasteiger partial charge in [0.2, 0.25) is 0 Å². The summed E-state index contributed by atoms with van der Waals surface area (Å²) >= 11 is 0. The summed E-state index contributed by atoms with van der Waals surface area (Å²) in [5, 5.41) is 9.43. The standard InChI is InChI=1S/C18H20O5/c1-3-22-16-7-5-4-6-13(16)12-17(18(19)20)23-15-10-8-14(21-2)9-11-15/h4-11,17H,3,12H2,1-2H3,(H,19,20)/t17-/m1/s1. The van der Waals surface area contributed by atoms with Gasteiger partial charge < -0.3 is 19.3 Å². The first kappa shape index (κ1) is 16.7. The summed E-state index contributed by atoms with van der Waals surface area (Å²) in [6.45, 7) is 2.41. The summed E-state index contributed by atoms with van der Waals surface area (Å²) in [4.78, 5) is 11.5. The van der Waals surface area contributed by atoms with E-state index in [4.69, 9.17) is 14.2 Å². The van der Waals surface area contributed by atoms with Crippen LogP contribution in [-0.2, 0) is 11.2 Å². The van der Waals surface area contributed by atoms with Crippen LogP contribution in [0.1, 0.15) is 12.5 Å². The smallest absolute Gasteiger partial charge is 0.345 e. The fourth-order valence-electron chi connectivity index (χ4n) is 2.17.